The van der Waals surface area contributed by atoms with E-state index in [0.29, 0.717) is 21.8 Å². The fraction of sp³-hybridized carbons (Fsp3) is 0.143. The molecule has 2 heterocycles. The number of Topliss-reactive ketones (excluding diaryl/α,β-unsaturated/α-hetero) is 1. The SMILES string of the molecule is COc1cc(Cl)cc2cc(C(=O)C3=C(O)C(=O)N(c4ccc(C)c(C)c4)C3c3ccccc3F)oc12. The van der Waals surface area contributed by atoms with E-state index in [-0.39, 0.29) is 22.5 Å². The molecule has 0 spiro atoms. The molecule has 1 aliphatic heterocycles. The smallest absolute Gasteiger partial charge is 0.294 e. The maximum Gasteiger partial charge on any atom is 0.294 e. The van der Waals surface area contributed by atoms with Crippen molar-refractivity contribution in [2.24, 2.45) is 0 Å². The van der Waals surface area contributed by atoms with Crippen molar-refractivity contribution in [3.8, 4) is 5.75 Å². The molecule has 36 heavy (non-hydrogen) atoms. The highest BCUT2D eigenvalue weighted by Gasteiger charge is 2.46. The van der Waals surface area contributed by atoms with Crippen LogP contribution in [-0.2, 0) is 4.79 Å². The van der Waals surface area contributed by atoms with Crippen LogP contribution in [-0.4, -0.2) is 23.9 Å². The molecule has 5 rings (SSSR count). The number of fused-ring (bicyclic) bond motifs is 1. The van der Waals surface area contributed by atoms with E-state index in [1.54, 1.807) is 30.3 Å². The topological polar surface area (TPSA) is 80.0 Å². The Balaban J connectivity index is 1.69. The second-order valence-electron chi connectivity index (χ2n) is 8.60. The van der Waals surface area contributed by atoms with Crippen molar-refractivity contribution >= 4 is 39.9 Å². The Bertz CT molecular complexity index is 1590. The number of hydrogen-bond acceptors (Lipinski definition) is 5. The normalized spacial score (nSPS) is 15.8. The van der Waals surface area contributed by atoms with E-state index in [1.807, 2.05) is 19.9 Å². The van der Waals surface area contributed by atoms with E-state index < -0.39 is 29.3 Å². The number of methoxy groups -OCH3 is 1. The number of anilines is 1. The number of rotatable bonds is 5. The fourth-order valence-corrected chi connectivity index (χ4v) is 4.67. The average Bonchev–Trinajstić information content (AvgIpc) is 3.39. The van der Waals surface area contributed by atoms with Crippen LogP contribution in [0.15, 0.2) is 76.4 Å². The molecular formula is C28H21ClFNO5. The highest BCUT2D eigenvalue weighted by atomic mass is 35.5. The fourth-order valence-electron chi connectivity index (χ4n) is 4.45. The van der Waals surface area contributed by atoms with E-state index in [9.17, 15) is 14.7 Å². The lowest BCUT2D eigenvalue weighted by Crippen LogP contribution is -2.31. The summed E-state index contributed by atoms with van der Waals surface area (Å²) in [6.45, 7) is 3.80. The lowest BCUT2D eigenvalue weighted by molar-refractivity contribution is -0.117. The summed E-state index contributed by atoms with van der Waals surface area (Å²) in [5, 5.41) is 11.8. The van der Waals surface area contributed by atoms with E-state index in [0.717, 1.165) is 11.1 Å². The van der Waals surface area contributed by atoms with Crippen molar-refractivity contribution in [2.75, 3.05) is 12.0 Å². The quantitative estimate of drug-likeness (QED) is 0.308. The second kappa shape index (κ2) is 8.84. The largest absolute Gasteiger partial charge is 0.503 e. The first-order valence-corrected chi connectivity index (χ1v) is 11.5. The summed E-state index contributed by atoms with van der Waals surface area (Å²) in [6, 6.07) is 14.5. The van der Waals surface area contributed by atoms with Gasteiger partial charge in [-0.2, -0.15) is 0 Å². The molecule has 0 bridgehead atoms. The Morgan fingerprint density at radius 1 is 1.08 bits per heavy atom. The van der Waals surface area contributed by atoms with Crippen LogP contribution in [0.2, 0.25) is 5.02 Å². The standard InChI is InChI=1S/C28H21ClFNO5/c1-14-8-9-18(10-15(14)2)31-24(19-6-4-5-7-20(19)30)23(26(33)28(31)34)25(32)21-12-16-11-17(29)13-22(35-3)27(16)36-21/h4-13,24,33H,1-3H3. The molecule has 1 N–H and O–H groups in total. The number of ketones is 1. The van der Waals surface area contributed by atoms with Crippen LogP contribution < -0.4 is 9.64 Å². The van der Waals surface area contributed by atoms with E-state index in [2.05, 4.69) is 0 Å². The van der Waals surface area contributed by atoms with Crippen LogP contribution in [0.4, 0.5) is 10.1 Å². The summed E-state index contributed by atoms with van der Waals surface area (Å²) in [6.07, 6.45) is 0. The lowest BCUT2D eigenvalue weighted by atomic mass is 9.94. The molecule has 1 atom stereocenters. The monoisotopic (exact) mass is 505 g/mol. The number of carbonyl (C=O) groups is 2. The number of hydrogen-bond donors (Lipinski definition) is 1. The van der Waals surface area contributed by atoms with Gasteiger partial charge in [-0.05, 0) is 55.3 Å². The minimum Gasteiger partial charge on any atom is -0.503 e. The first kappa shape index (κ1) is 23.6. The molecule has 0 fully saturated rings. The van der Waals surface area contributed by atoms with Gasteiger partial charge in [0.25, 0.3) is 5.91 Å². The molecule has 8 heteroatoms. The summed E-state index contributed by atoms with van der Waals surface area (Å²) in [4.78, 5) is 28.3. The van der Waals surface area contributed by atoms with Crippen molar-refractivity contribution in [1.29, 1.82) is 0 Å². The number of aliphatic hydroxyl groups is 1. The van der Waals surface area contributed by atoms with Crippen LogP contribution in [0.3, 0.4) is 0 Å². The third-order valence-corrected chi connectivity index (χ3v) is 6.63. The average molecular weight is 506 g/mol. The minimum atomic E-state index is -1.22. The van der Waals surface area contributed by atoms with Crippen LogP contribution >= 0.6 is 11.6 Å². The third kappa shape index (κ3) is 3.72. The maximum atomic E-state index is 15.1. The molecule has 0 aliphatic carbocycles. The molecule has 1 unspecified atom stereocenters. The molecular weight excluding hydrogens is 485 g/mol. The Morgan fingerprint density at radius 3 is 2.53 bits per heavy atom. The van der Waals surface area contributed by atoms with E-state index in [1.165, 1.54) is 36.3 Å². The van der Waals surface area contributed by atoms with Gasteiger partial charge in [0, 0.05) is 27.7 Å². The molecule has 1 amide bonds. The number of furan rings is 1. The van der Waals surface area contributed by atoms with Crippen molar-refractivity contribution in [3.63, 3.8) is 0 Å². The van der Waals surface area contributed by atoms with Gasteiger partial charge in [0.05, 0.1) is 18.7 Å². The second-order valence-corrected chi connectivity index (χ2v) is 9.03. The number of aliphatic hydroxyl groups excluding tert-OH is 1. The molecule has 0 saturated carbocycles. The summed E-state index contributed by atoms with van der Waals surface area (Å²) >= 11 is 6.14. The van der Waals surface area contributed by atoms with Gasteiger partial charge >= 0.3 is 0 Å². The lowest BCUT2D eigenvalue weighted by Gasteiger charge is -2.27. The Morgan fingerprint density at radius 2 is 1.83 bits per heavy atom. The Labute approximate surface area is 211 Å². The van der Waals surface area contributed by atoms with Crippen LogP contribution in [0.5, 0.6) is 5.75 Å². The molecule has 182 valence electrons. The first-order chi connectivity index (χ1) is 17.2. The van der Waals surface area contributed by atoms with Gasteiger partial charge in [-0.15, -0.1) is 0 Å². The number of carbonyl (C=O) groups excluding carboxylic acids is 2. The van der Waals surface area contributed by atoms with Gasteiger partial charge in [0.15, 0.2) is 22.9 Å². The molecule has 6 nitrogen and oxygen atoms in total. The molecule has 0 saturated heterocycles. The van der Waals surface area contributed by atoms with E-state index >= 15 is 4.39 Å². The molecule has 3 aromatic carbocycles. The zero-order chi connectivity index (χ0) is 25.7. The predicted molar refractivity (Wildman–Crippen MR) is 134 cm³/mol. The first-order valence-electron chi connectivity index (χ1n) is 11.1. The number of aryl methyl sites for hydroxylation is 2. The van der Waals surface area contributed by atoms with Crippen molar-refractivity contribution in [1.82, 2.24) is 0 Å². The summed E-state index contributed by atoms with van der Waals surface area (Å²) in [5.41, 5.74) is 2.37. The highest BCUT2D eigenvalue weighted by Crippen LogP contribution is 2.44. The summed E-state index contributed by atoms with van der Waals surface area (Å²) < 4.78 is 26.2. The number of benzene rings is 3. The summed E-state index contributed by atoms with van der Waals surface area (Å²) in [5.74, 6) is -2.79. The van der Waals surface area contributed by atoms with Gasteiger partial charge in [0.2, 0.25) is 5.78 Å². The number of halogens is 2. The molecule has 4 aromatic rings. The minimum absolute atomic E-state index is 0.0632. The van der Waals surface area contributed by atoms with Gasteiger partial charge in [0.1, 0.15) is 5.82 Å². The number of ether oxygens (including phenoxy) is 1. The maximum absolute atomic E-state index is 15.1. The van der Waals surface area contributed by atoms with Gasteiger partial charge in [-0.3, -0.25) is 14.5 Å². The van der Waals surface area contributed by atoms with Crippen molar-refractivity contribution in [3.05, 3.63) is 105 Å². The zero-order valence-corrected chi connectivity index (χ0v) is 20.4. The molecule has 1 aliphatic rings. The molecule has 1 aromatic heterocycles. The van der Waals surface area contributed by atoms with Gasteiger partial charge in [-0.1, -0.05) is 35.9 Å². The number of nitrogens with zero attached hydrogens (tertiary/aromatic N) is 1. The van der Waals surface area contributed by atoms with Gasteiger partial charge in [-0.25, -0.2) is 4.39 Å². The Kier molecular flexibility index (Phi) is 5.80. The predicted octanol–water partition coefficient (Wildman–Crippen LogP) is 6.63. The van der Waals surface area contributed by atoms with Gasteiger partial charge < -0.3 is 14.3 Å². The molecule has 0 radical (unpaired) electrons. The van der Waals surface area contributed by atoms with E-state index in [4.69, 9.17) is 20.8 Å². The summed E-state index contributed by atoms with van der Waals surface area (Å²) in [7, 11) is 1.44. The van der Waals surface area contributed by atoms with Crippen LogP contribution in [0.1, 0.15) is 33.3 Å². The van der Waals surface area contributed by atoms with Crippen LogP contribution in [0.25, 0.3) is 11.0 Å². The number of amides is 1. The highest BCUT2D eigenvalue weighted by molar-refractivity contribution is 6.31. The van der Waals surface area contributed by atoms with Crippen LogP contribution in [0, 0.1) is 19.7 Å². The third-order valence-electron chi connectivity index (χ3n) is 6.41. The zero-order valence-electron chi connectivity index (χ0n) is 19.6. The Hall–Kier alpha value is -4.10. The van der Waals surface area contributed by atoms with Crippen molar-refractivity contribution < 1.29 is 28.2 Å². The van der Waals surface area contributed by atoms with Crippen molar-refractivity contribution in [2.45, 2.75) is 19.9 Å².